The Morgan fingerprint density at radius 2 is 1.64 bits per heavy atom. The average Bonchev–Trinajstić information content (AvgIpc) is 2.62. The van der Waals surface area contributed by atoms with Crippen molar-refractivity contribution in [2.24, 2.45) is 4.99 Å². The standard InChI is InChI=1S/C22H31N3O2.HI/c1-22(2,3)27-20-12-7-6-11-19(20)15-25-21(23-4)24-14-17-9-8-10-18(13-17)16-26-5;/h6-13H,14-16H2,1-5H3,(H2,23,24,25);1H. The minimum atomic E-state index is -0.233. The molecule has 2 aromatic carbocycles. The number of para-hydroxylation sites is 1. The van der Waals surface area contributed by atoms with Crippen LogP contribution in [-0.4, -0.2) is 25.7 Å². The summed E-state index contributed by atoms with van der Waals surface area (Å²) >= 11 is 0. The van der Waals surface area contributed by atoms with Crippen LogP contribution in [0.1, 0.15) is 37.5 Å². The molecule has 0 saturated carbocycles. The third kappa shape index (κ3) is 8.48. The molecule has 5 nitrogen and oxygen atoms in total. The van der Waals surface area contributed by atoms with Crippen molar-refractivity contribution in [2.75, 3.05) is 14.2 Å². The van der Waals surface area contributed by atoms with Gasteiger partial charge in [0, 0.05) is 32.8 Å². The van der Waals surface area contributed by atoms with Gasteiger partial charge < -0.3 is 20.1 Å². The van der Waals surface area contributed by atoms with Crippen LogP contribution in [0.3, 0.4) is 0 Å². The second kappa shape index (κ2) is 11.9. The largest absolute Gasteiger partial charge is 0.488 e. The van der Waals surface area contributed by atoms with Gasteiger partial charge in [0.1, 0.15) is 11.4 Å². The number of hydrogen-bond acceptors (Lipinski definition) is 3. The zero-order valence-electron chi connectivity index (χ0n) is 17.4. The number of hydrogen-bond donors (Lipinski definition) is 2. The van der Waals surface area contributed by atoms with E-state index in [1.807, 2.05) is 24.3 Å². The van der Waals surface area contributed by atoms with Gasteiger partial charge in [0.15, 0.2) is 5.96 Å². The van der Waals surface area contributed by atoms with Crippen LogP contribution >= 0.6 is 24.0 Å². The molecule has 154 valence electrons. The molecule has 0 radical (unpaired) electrons. The summed E-state index contributed by atoms with van der Waals surface area (Å²) in [6, 6.07) is 16.4. The first-order valence-electron chi connectivity index (χ1n) is 9.19. The van der Waals surface area contributed by atoms with E-state index in [0.717, 1.165) is 22.8 Å². The Labute approximate surface area is 186 Å². The van der Waals surface area contributed by atoms with Crippen molar-refractivity contribution in [3.05, 3.63) is 65.2 Å². The molecule has 0 spiro atoms. The molecule has 0 bridgehead atoms. The van der Waals surface area contributed by atoms with E-state index < -0.39 is 0 Å². The topological polar surface area (TPSA) is 54.9 Å². The van der Waals surface area contributed by atoms with Crippen LogP contribution in [0, 0.1) is 0 Å². The fourth-order valence-corrected chi connectivity index (χ4v) is 2.66. The summed E-state index contributed by atoms with van der Waals surface area (Å²) in [7, 11) is 3.48. The van der Waals surface area contributed by atoms with Gasteiger partial charge in [-0.2, -0.15) is 0 Å². The van der Waals surface area contributed by atoms with Crippen LogP contribution in [0.25, 0.3) is 0 Å². The lowest BCUT2D eigenvalue weighted by molar-refractivity contribution is 0.129. The molecule has 6 heteroatoms. The Morgan fingerprint density at radius 3 is 2.32 bits per heavy atom. The summed E-state index contributed by atoms with van der Waals surface area (Å²) in [5.74, 6) is 1.64. The highest BCUT2D eigenvalue weighted by Gasteiger charge is 2.14. The van der Waals surface area contributed by atoms with Gasteiger partial charge in [-0.05, 0) is 38.0 Å². The SMILES string of the molecule is CN=C(NCc1cccc(COC)c1)NCc1ccccc1OC(C)(C)C.I. The second-order valence-corrected chi connectivity index (χ2v) is 7.35. The Morgan fingerprint density at radius 1 is 0.964 bits per heavy atom. The zero-order chi connectivity index (χ0) is 19.7. The van der Waals surface area contributed by atoms with Crippen LogP contribution in [-0.2, 0) is 24.4 Å². The molecule has 0 amide bonds. The highest BCUT2D eigenvalue weighted by atomic mass is 127. The molecule has 0 aromatic heterocycles. The van der Waals surface area contributed by atoms with E-state index >= 15 is 0 Å². The molecule has 0 aliphatic carbocycles. The minimum absolute atomic E-state index is 0. The molecule has 0 unspecified atom stereocenters. The number of rotatable bonds is 7. The lowest BCUT2D eigenvalue weighted by Crippen LogP contribution is -2.36. The summed E-state index contributed by atoms with van der Waals surface area (Å²) in [6.45, 7) is 8.10. The molecule has 0 atom stereocenters. The third-order valence-electron chi connectivity index (χ3n) is 3.82. The van der Waals surface area contributed by atoms with Crippen LogP contribution in [0.4, 0.5) is 0 Å². The molecule has 0 aliphatic heterocycles. The van der Waals surface area contributed by atoms with E-state index in [0.29, 0.717) is 19.7 Å². The zero-order valence-corrected chi connectivity index (χ0v) is 19.7. The Balaban J connectivity index is 0.00000392. The van der Waals surface area contributed by atoms with Crippen molar-refractivity contribution in [3.63, 3.8) is 0 Å². The van der Waals surface area contributed by atoms with Crippen molar-refractivity contribution in [1.29, 1.82) is 0 Å². The molecular formula is C22H32IN3O2. The highest BCUT2D eigenvalue weighted by molar-refractivity contribution is 14.0. The van der Waals surface area contributed by atoms with E-state index in [2.05, 4.69) is 60.7 Å². The first-order valence-corrected chi connectivity index (χ1v) is 9.19. The maximum Gasteiger partial charge on any atom is 0.191 e. The van der Waals surface area contributed by atoms with E-state index in [1.54, 1.807) is 14.2 Å². The number of halogens is 1. The Kier molecular flexibility index (Phi) is 10.3. The van der Waals surface area contributed by atoms with Gasteiger partial charge in [0.25, 0.3) is 0 Å². The number of nitrogens with zero attached hydrogens (tertiary/aromatic N) is 1. The normalized spacial score (nSPS) is 11.5. The van der Waals surface area contributed by atoms with Crippen molar-refractivity contribution < 1.29 is 9.47 Å². The fourth-order valence-electron chi connectivity index (χ4n) is 2.66. The third-order valence-corrected chi connectivity index (χ3v) is 3.82. The number of guanidine groups is 1. The lowest BCUT2D eigenvalue weighted by Gasteiger charge is -2.23. The maximum atomic E-state index is 6.05. The van der Waals surface area contributed by atoms with Gasteiger partial charge in [-0.25, -0.2) is 0 Å². The quantitative estimate of drug-likeness (QED) is 0.336. The molecule has 0 fully saturated rings. The fraction of sp³-hybridized carbons (Fsp3) is 0.409. The molecule has 2 aromatic rings. The van der Waals surface area contributed by atoms with Crippen LogP contribution in [0.15, 0.2) is 53.5 Å². The summed E-state index contributed by atoms with van der Waals surface area (Å²) in [5.41, 5.74) is 3.21. The summed E-state index contributed by atoms with van der Waals surface area (Å²) in [6.07, 6.45) is 0. The molecule has 0 heterocycles. The predicted octanol–water partition coefficient (Wildman–Crippen LogP) is 4.49. The maximum absolute atomic E-state index is 6.05. The first-order chi connectivity index (χ1) is 12.9. The number of methoxy groups -OCH3 is 1. The molecule has 0 aliphatic rings. The van der Waals surface area contributed by atoms with Gasteiger partial charge in [-0.3, -0.25) is 4.99 Å². The first kappa shape index (κ1) is 24.2. The van der Waals surface area contributed by atoms with E-state index in [-0.39, 0.29) is 29.6 Å². The van der Waals surface area contributed by atoms with Crippen LogP contribution in [0.5, 0.6) is 5.75 Å². The second-order valence-electron chi connectivity index (χ2n) is 7.35. The van der Waals surface area contributed by atoms with Crippen LogP contribution in [0.2, 0.25) is 0 Å². The average molecular weight is 497 g/mol. The van der Waals surface area contributed by atoms with Crippen molar-refractivity contribution in [2.45, 2.75) is 46.1 Å². The molecule has 28 heavy (non-hydrogen) atoms. The molecule has 2 rings (SSSR count). The highest BCUT2D eigenvalue weighted by Crippen LogP contribution is 2.22. The number of ether oxygens (including phenoxy) is 2. The molecule has 0 saturated heterocycles. The lowest BCUT2D eigenvalue weighted by atomic mass is 10.1. The summed E-state index contributed by atoms with van der Waals surface area (Å²) in [4.78, 5) is 4.31. The van der Waals surface area contributed by atoms with E-state index in [4.69, 9.17) is 9.47 Å². The van der Waals surface area contributed by atoms with Crippen LogP contribution < -0.4 is 15.4 Å². The minimum Gasteiger partial charge on any atom is -0.488 e. The van der Waals surface area contributed by atoms with Gasteiger partial charge in [0.05, 0.1) is 6.61 Å². The van der Waals surface area contributed by atoms with E-state index in [9.17, 15) is 0 Å². The Hall–Kier alpha value is -1.80. The van der Waals surface area contributed by atoms with Gasteiger partial charge in [-0.15, -0.1) is 24.0 Å². The van der Waals surface area contributed by atoms with Crippen molar-refractivity contribution in [1.82, 2.24) is 10.6 Å². The number of nitrogens with one attached hydrogen (secondary N) is 2. The predicted molar refractivity (Wildman–Crippen MR) is 126 cm³/mol. The molecular weight excluding hydrogens is 465 g/mol. The Bertz CT molecular complexity index is 757. The summed E-state index contributed by atoms with van der Waals surface area (Å²) in [5, 5.41) is 6.71. The van der Waals surface area contributed by atoms with Crippen molar-refractivity contribution >= 4 is 29.9 Å². The smallest absolute Gasteiger partial charge is 0.191 e. The monoisotopic (exact) mass is 497 g/mol. The summed E-state index contributed by atoms with van der Waals surface area (Å²) < 4.78 is 11.2. The van der Waals surface area contributed by atoms with Gasteiger partial charge >= 0.3 is 0 Å². The van der Waals surface area contributed by atoms with Crippen molar-refractivity contribution in [3.8, 4) is 5.75 Å². The van der Waals surface area contributed by atoms with Gasteiger partial charge in [0.2, 0.25) is 0 Å². The van der Waals surface area contributed by atoms with Gasteiger partial charge in [-0.1, -0.05) is 42.5 Å². The van der Waals surface area contributed by atoms with E-state index in [1.165, 1.54) is 5.56 Å². The number of benzene rings is 2. The molecule has 2 N–H and O–H groups in total. The number of aliphatic imine (C=N–C) groups is 1.